The minimum atomic E-state index is -0.600. The number of rotatable bonds is 2. The Labute approximate surface area is 153 Å². The molecule has 0 bridgehead atoms. The molecule has 2 aliphatic heterocycles. The molecule has 0 amide bonds. The van der Waals surface area contributed by atoms with Gasteiger partial charge in [0.25, 0.3) is 6.29 Å². The molecule has 2 heterocycles. The molecule has 0 radical (unpaired) electrons. The fraction of sp³-hybridized carbons (Fsp3) is 0.200. The van der Waals surface area contributed by atoms with Crippen LogP contribution in [0, 0.1) is 0 Å². The lowest BCUT2D eigenvalue weighted by Gasteiger charge is -2.22. The zero-order valence-electron chi connectivity index (χ0n) is 14.4. The number of methoxy groups -OCH3 is 2. The topological polar surface area (TPSA) is 91.3 Å². The maximum Gasteiger partial charge on any atom is 0.250 e. The van der Waals surface area contributed by atoms with Gasteiger partial charge in [0.15, 0.2) is 5.78 Å². The van der Waals surface area contributed by atoms with E-state index in [9.17, 15) is 14.7 Å². The normalized spacial score (nSPS) is 21.0. The highest BCUT2D eigenvalue weighted by Crippen LogP contribution is 2.51. The number of carbonyl (C=O) groups excluding carboxylic acids is 2. The number of aromatic hydroxyl groups is 1. The Morgan fingerprint density at radius 1 is 1.00 bits per heavy atom. The van der Waals surface area contributed by atoms with Crippen LogP contribution in [0.15, 0.2) is 30.5 Å². The highest BCUT2D eigenvalue weighted by atomic mass is 16.7. The van der Waals surface area contributed by atoms with E-state index in [1.807, 2.05) is 0 Å². The predicted molar refractivity (Wildman–Crippen MR) is 91.9 cm³/mol. The maximum atomic E-state index is 13.2. The standard InChI is InChI=1S/C20H14O7/c1-24-8-5-10-15(12(6-8)25-2)19(23)16-11(17(10)21)7-13-14(18(16)22)9-3-4-26-20(9)27-13/h3-7,9,20,22H,1-2H3. The zero-order valence-corrected chi connectivity index (χ0v) is 14.4. The van der Waals surface area contributed by atoms with Crippen LogP contribution < -0.4 is 14.2 Å². The van der Waals surface area contributed by atoms with Gasteiger partial charge in [-0.3, -0.25) is 9.59 Å². The molecule has 0 saturated carbocycles. The highest BCUT2D eigenvalue weighted by Gasteiger charge is 2.44. The molecule has 0 saturated heterocycles. The van der Waals surface area contributed by atoms with Gasteiger partial charge in [0, 0.05) is 17.2 Å². The first kappa shape index (κ1) is 15.7. The summed E-state index contributed by atoms with van der Waals surface area (Å²) in [6, 6.07) is 4.52. The van der Waals surface area contributed by atoms with Gasteiger partial charge in [-0.2, -0.15) is 0 Å². The molecule has 3 aliphatic rings. The van der Waals surface area contributed by atoms with E-state index >= 15 is 0 Å². The number of phenols is 1. The molecule has 7 heteroatoms. The summed E-state index contributed by atoms with van der Waals surface area (Å²) < 4.78 is 21.5. The number of hydrogen-bond donors (Lipinski definition) is 1. The Balaban J connectivity index is 1.77. The Morgan fingerprint density at radius 2 is 1.78 bits per heavy atom. The molecule has 136 valence electrons. The lowest BCUT2D eigenvalue weighted by Crippen LogP contribution is -2.22. The SMILES string of the molecule is COc1cc(OC)c2c(c1)C(=O)c1cc3c(c(O)c1C2=O)C1C=COC1O3. The van der Waals surface area contributed by atoms with Gasteiger partial charge in [-0.15, -0.1) is 0 Å². The molecular weight excluding hydrogens is 352 g/mol. The number of hydrogen-bond acceptors (Lipinski definition) is 7. The van der Waals surface area contributed by atoms with Gasteiger partial charge in [-0.1, -0.05) is 0 Å². The van der Waals surface area contributed by atoms with Crippen molar-refractivity contribution in [2.45, 2.75) is 12.2 Å². The average Bonchev–Trinajstić information content (AvgIpc) is 3.25. The lowest BCUT2D eigenvalue weighted by molar-refractivity contribution is -0.00487. The fourth-order valence-corrected chi connectivity index (χ4v) is 3.88. The molecule has 0 fully saturated rings. The van der Waals surface area contributed by atoms with Crippen molar-refractivity contribution in [3.63, 3.8) is 0 Å². The first-order chi connectivity index (χ1) is 13.0. The van der Waals surface area contributed by atoms with Crippen molar-refractivity contribution >= 4 is 11.6 Å². The number of ether oxygens (including phenoxy) is 4. The monoisotopic (exact) mass is 366 g/mol. The fourth-order valence-electron chi connectivity index (χ4n) is 3.88. The van der Waals surface area contributed by atoms with E-state index in [0.29, 0.717) is 17.1 Å². The molecule has 5 rings (SSSR count). The van der Waals surface area contributed by atoms with Crippen LogP contribution in [-0.2, 0) is 4.74 Å². The largest absolute Gasteiger partial charge is 0.507 e. The van der Waals surface area contributed by atoms with Crippen molar-refractivity contribution in [3.05, 3.63) is 58.4 Å². The number of benzene rings is 2. The van der Waals surface area contributed by atoms with Crippen LogP contribution in [-0.4, -0.2) is 37.2 Å². The average molecular weight is 366 g/mol. The predicted octanol–water partition coefficient (Wildman–Crippen LogP) is 2.53. The summed E-state index contributed by atoms with van der Waals surface area (Å²) in [5.41, 5.74) is 0.768. The van der Waals surface area contributed by atoms with Gasteiger partial charge in [0.2, 0.25) is 5.78 Å². The minimum absolute atomic E-state index is 0.0423. The Hall–Kier alpha value is -3.48. The van der Waals surface area contributed by atoms with E-state index in [-0.39, 0.29) is 39.7 Å². The van der Waals surface area contributed by atoms with E-state index < -0.39 is 17.9 Å². The Morgan fingerprint density at radius 3 is 2.52 bits per heavy atom. The number of phenolic OH excluding ortho intramolecular Hbond substituents is 1. The van der Waals surface area contributed by atoms with Gasteiger partial charge < -0.3 is 24.1 Å². The molecule has 2 aromatic carbocycles. The molecule has 1 N–H and O–H groups in total. The van der Waals surface area contributed by atoms with E-state index in [1.165, 1.54) is 38.7 Å². The molecule has 7 nitrogen and oxygen atoms in total. The summed E-state index contributed by atoms with van der Waals surface area (Å²) in [6.45, 7) is 0. The van der Waals surface area contributed by atoms with Crippen LogP contribution in [0.2, 0.25) is 0 Å². The molecular formula is C20H14O7. The minimum Gasteiger partial charge on any atom is -0.507 e. The van der Waals surface area contributed by atoms with Crippen LogP contribution in [0.25, 0.3) is 0 Å². The summed E-state index contributed by atoms with van der Waals surface area (Å²) in [5, 5.41) is 10.9. The van der Waals surface area contributed by atoms with Crippen molar-refractivity contribution in [1.82, 2.24) is 0 Å². The summed E-state index contributed by atoms with van der Waals surface area (Å²) in [6.07, 6.45) is 2.64. The third kappa shape index (κ3) is 1.91. The smallest absolute Gasteiger partial charge is 0.250 e. The van der Waals surface area contributed by atoms with Crippen molar-refractivity contribution in [2.75, 3.05) is 14.2 Å². The highest BCUT2D eigenvalue weighted by molar-refractivity contribution is 6.30. The summed E-state index contributed by atoms with van der Waals surface area (Å²) in [4.78, 5) is 26.3. The van der Waals surface area contributed by atoms with Crippen molar-refractivity contribution in [2.24, 2.45) is 0 Å². The Bertz CT molecular complexity index is 1070. The van der Waals surface area contributed by atoms with Crippen molar-refractivity contribution in [3.8, 4) is 23.0 Å². The molecule has 2 aromatic rings. The molecule has 27 heavy (non-hydrogen) atoms. The van der Waals surface area contributed by atoms with Crippen LogP contribution in [0.5, 0.6) is 23.0 Å². The lowest BCUT2D eigenvalue weighted by atomic mass is 9.80. The number of ketones is 2. The van der Waals surface area contributed by atoms with Crippen LogP contribution in [0.1, 0.15) is 43.3 Å². The van der Waals surface area contributed by atoms with E-state index in [0.717, 1.165) is 0 Å². The quantitative estimate of drug-likeness (QED) is 0.745. The van der Waals surface area contributed by atoms with Crippen LogP contribution in [0.4, 0.5) is 0 Å². The van der Waals surface area contributed by atoms with Gasteiger partial charge >= 0.3 is 0 Å². The molecule has 0 aromatic heterocycles. The van der Waals surface area contributed by atoms with E-state index in [2.05, 4.69) is 0 Å². The summed E-state index contributed by atoms with van der Waals surface area (Å²) in [5.74, 6) is -0.529. The van der Waals surface area contributed by atoms with Crippen LogP contribution >= 0.6 is 0 Å². The van der Waals surface area contributed by atoms with Crippen molar-refractivity contribution in [1.29, 1.82) is 0 Å². The zero-order chi connectivity index (χ0) is 18.9. The first-order valence-electron chi connectivity index (χ1n) is 8.29. The second kappa shape index (κ2) is 5.26. The Kier molecular flexibility index (Phi) is 3.07. The molecule has 1 aliphatic carbocycles. The van der Waals surface area contributed by atoms with Crippen LogP contribution in [0.3, 0.4) is 0 Å². The summed E-state index contributed by atoms with van der Waals surface area (Å²) >= 11 is 0. The maximum absolute atomic E-state index is 13.2. The first-order valence-corrected chi connectivity index (χ1v) is 8.29. The van der Waals surface area contributed by atoms with Gasteiger partial charge in [-0.25, -0.2) is 0 Å². The third-order valence-electron chi connectivity index (χ3n) is 5.15. The van der Waals surface area contributed by atoms with Gasteiger partial charge in [0.1, 0.15) is 23.0 Å². The second-order valence-electron chi connectivity index (χ2n) is 6.45. The van der Waals surface area contributed by atoms with E-state index in [1.54, 1.807) is 6.08 Å². The molecule has 2 unspecified atom stereocenters. The third-order valence-corrected chi connectivity index (χ3v) is 5.15. The van der Waals surface area contributed by atoms with Crippen molar-refractivity contribution < 1.29 is 33.6 Å². The molecule has 2 atom stereocenters. The number of carbonyl (C=O) groups is 2. The number of fused-ring (bicyclic) bond motifs is 5. The second-order valence-corrected chi connectivity index (χ2v) is 6.45. The van der Waals surface area contributed by atoms with E-state index in [4.69, 9.17) is 18.9 Å². The molecule has 0 spiro atoms. The van der Waals surface area contributed by atoms with Gasteiger partial charge in [0.05, 0.1) is 43.1 Å². The summed E-state index contributed by atoms with van der Waals surface area (Å²) in [7, 11) is 2.87. The van der Waals surface area contributed by atoms with Gasteiger partial charge in [-0.05, 0) is 18.2 Å².